The standard InChI is InChI=1S/C12H17N3/c1-11(12-4-2-3-5-14-12)10-15-8-6-13-7-9-15/h2-5,13H,1,6-10H2. The van der Waals surface area contributed by atoms with Crippen LogP contribution in [0.2, 0.25) is 0 Å². The predicted molar refractivity (Wildman–Crippen MR) is 62.6 cm³/mol. The highest BCUT2D eigenvalue weighted by Gasteiger charge is 2.11. The van der Waals surface area contributed by atoms with Crippen molar-refractivity contribution in [1.29, 1.82) is 0 Å². The molecule has 3 heteroatoms. The van der Waals surface area contributed by atoms with E-state index in [1.165, 1.54) is 0 Å². The number of nitrogens with zero attached hydrogens (tertiary/aromatic N) is 2. The Morgan fingerprint density at radius 1 is 1.40 bits per heavy atom. The number of hydrogen-bond acceptors (Lipinski definition) is 3. The number of pyridine rings is 1. The normalized spacial score (nSPS) is 17.6. The van der Waals surface area contributed by atoms with Crippen molar-refractivity contribution in [2.75, 3.05) is 32.7 Å². The van der Waals surface area contributed by atoms with Gasteiger partial charge in [-0.2, -0.15) is 0 Å². The molecule has 1 aromatic rings. The zero-order valence-corrected chi connectivity index (χ0v) is 8.95. The van der Waals surface area contributed by atoms with Gasteiger partial charge in [-0.05, 0) is 17.7 Å². The lowest BCUT2D eigenvalue weighted by Gasteiger charge is -2.27. The molecular weight excluding hydrogens is 186 g/mol. The first-order valence-electron chi connectivity index (χ1n) is 5.38. The molecule has 0 unspecified atom stereocenters. The van der Waals surface area contributed by atoms with Crippen LogP contribution in [0.1, 0.15) is 5.69 Å². The summed E-state index contributed by atoms with van der Waals surface area (Å²) in [6.45, 7) is 9.39. The second kappa shape index (κ2) is 5.05. The fourth-order valence-electron chi connectivity index (χ4n) is 1.79. The molecule has 0 aromatic carbocycles. The van der Waals surface area contributed by atoms with Crippen LogP contribution in [-0.4, -0.2) is 42.6 Å². The molecule has 0 bridgehead atoms. The lowest BCUT2D eigenvalue weighted by atomic mass is 10.2. The Labute approximate surface area is 90.8 Å². The van der Waals surface area contributed by atoms with Crippen LogP contribution in [0.15, 0.2) is 31.0 Å². The SMILES string of the molecule is C=C(CN1CCNCC1)c1ccccn1. The van der Waals surface area contributed by atoms with E-state index in [1.807, 2.05) is 24.4 Å². The Balaban J connectivity index is 1.91. The molecule has 15 heavy (non-hydrogen) atoms. The summed E-state index contributed by atoms with van der Waals surface area (Å²) >= 11 is 0. The van der Waals surface area contributed by atoms with Gasteiger partial charge < -0.3 is 5.32 Å². The van der Waals surface area contributed by atoms with E-state index in [0.717, 1.165) is 44.0 Å². The van der Waals surface area contributed by atoms with Crippen molar-refractivity contribution in [1.82, 2.24) is 15.2 Å². The molecule has 0 radical (unpaired) electrons. The quantitative estimate of drug-likeness (QED) is 0.794. The van der Waals surface area contributed by atoms with Gasteiger partial charge in [-0.1, -0.05) is 12.6 Å². The molecule has 1 aliphatic heterocycles. The maximum atomic E-state index is 4.30. The Morgan fingerprint density at radius 2 is 2.20 bits per heavy atom. The van der Waals surface area contributed by atoms with Gasteiger partial charge >= 0.3 is 0 Å². The van der Waals surface area contributed by atoms with Crippen molar-refractivity contribution in [2.45, 2.75) is 0 Å². The molecule has 0 spiro atoms. The second-order valence-corrected chi connectivity index (χ2v) is 3.84. The molecular formula is C12H17N3. The van der Waals surface area contributed by atoms with Gasteiger partial charge in [-0.3, -0.25) is 9.88 Å². The van der Waals surface area contributed by atoms with Crippen molar-refractivity contribution < 1.29 is 0 Å². The maximum absolute atomic E-state index is 4.30. The predicted octanol–water partition coefficient (Wildman–Crippen LogP) is 1.000. The zero-order valence-electron chi connectivity index (χ0n) is 8.95. The van der Waals surface area contributed by atoms with E-state index in [2.05, 4.69) is 21.8 Å². The summed E-state index contributed by atoms with van der Waals surface area (Å²) in [7, 11) is 0. The highest BCUT2D eigenvalue weighted by Crippen LogP contribution is 2.10. The smallest absolute Gasteiger partial charge is 0.0668 e. The summed E-state index contributed by atoms with van der Waals surface area (Å²) in [6.07, 6.45) is 1.82. The Kier molecular flexibility index (Phi) is 3.48. The number of nitrogens with one attached hydrogen (secondary N) is 1. The monoisotopic (exact) mass is 203 g/mol. The summed E-state index contributed by atoms with van der Waals surface area (Å²) in [6, 6.07) is 5.96. The Hall–Kier alpha value is -1.19. The van der Waals surface area contributed by atoms with E-state index in [1.54, 1.807) is 0 Å². The van der Waals surface area contributed by atoms with Gasteiger partial charge in [0.25, 0.3) is 0 Å². The molecule has 1 fully saturated rings. The minimum Gasteiger partial charge on any atom is -0.314 e. The summed E-state index contributed by atoms with van der Waals surface area (Å²) in [5.74, 6) is 0. The molecule has 0 aliphatic carbocycles. The average Bonchev–Trinajstić information content (AvgIpc) is 2.31. The number of piperazine rings is 1. The van der Waals surface area contributed by atoms with E-state index in [-0.39, 0.29) is 0 Å². The van der Waals surface area contributed by atoms with Crippen molar-refractivity contribution in [3.05, 3.63) is 36.7 Å². The lowest BCUT2D eigenvalue weighted by molar-refractivity contribution is 0.268. The molecule has 3 nitrogen and oxygen atoms in total. The van der Waals surface area contributed by atoms with Gasteiger partial charge in [-0.15, -0.1) is 0 Å². The summed E-state index contributed by atoms with van der Waals surface area (Å²) in [5, 5.41) is 3.34. The molecule has 0 atom stereocenters. The van der Waals surface area contributed by atoms with Gasteiger partial charge in [0, 0.05) is 38.9 Å². The fourth-order valence-corrected chi connectivity index (χ4v) is 1.79. The van der Waals surface area contributed by atoms with Gasteiger partial charge in [-0.25, -0.2) is 0 Å². The van der Waals surface area contributed by atoms with Crippen molar-refractivity contribution >= 4 is 5.57 Å². The Morgan fingerprint density at radius 3 is 2.87 bits per heavy atom. The molecule has 2 rings (SSSR count). The van der Waals surface area contributed by atoms with Crippen molar-refractivity contribution in [3.63, 3.8) is 0 Å². The molecule has 0 saturated carbocycles. The zero-order chi connectivity index (χ0) is 10.5. The number of hydrogen-bond donors (Lipinski definition) is 1. The minimum absolute atomic E-state index is 0.929. The van der Waals surface area contributed by atoms with Gasteiger partial charge in [0.1, 0.15) is 0 Å². The first-order chi connectivity index (χ1) is 7.36. The van der Waals surface area contributed by atoms with E-state index >= 15 is 0 Å². The van der Waals surface area contributed by atoms with Crippen LogP contribution in [0.3, 0.4) is 0 Å². The Bertz CT molecular complexity index is 315. The topological polar surface area (TPSA) is 28.2 Å². The third-order valence-corrected chi connectivity index (χ3v) is 2.65. The summed E-state index contributed by atoms with van der Waals surface area (Å²) in [5.41, 5.74) is 2.12. The average molecular weight is 203 g/mol. The molecule has 1 saturated heterocycles. The number of rotatable bonds is 3. The van der Waals surface area contributed by atoms with Crippen LogP contribution in [0.25, 0.3) is 5.57 Å². The van der Waals surface area contributed by atoms with Gasteiger partial charge in [0.05, 0.1) is 5.69 Å². The third kappa shape index (κ3) is 2.88. The highest BCUT2D eigenvalue weighted by molar-refractivity contribution is 5.61. The van der Waals surface area contributed by atoms with Crippen LogP contribution < -0.4 is 5.32 Å². The van der Waals surface area contributed by atoms with Crippen LogP contribution in [0.5, 0.6) is 0 Å². The van der Waals surface area contributed by atoms with E-state index in [4.69, 9.17) is 0 Å². The minimum atomic E-state index is 0.929. The fraction of sp³-hybridized carbons (Fsp3) is 0.417. The first-order valence-corrected chi connectivity index (χ1v) is 5.38. The molecule has 80 valence electrons. The third-order valence-electron chi connectivity index (χ3n) is 2.65. The van der Waals surface area contributed by atoms with Crippen molar-refractivity contribution in [2.24, 2.45) is 0 Å². The van der Waals surface area contributed by atoms with Gasteiger partial charge in [0.15, 0.2) is 0 Å². The molecule has 0 amide bonds. The van der Waals surface area contributed by atoms with E-state index in [9.17, 15) is 0 Å². The van der Waals surface area contributed by atoms with Crippen LogP contribution in [0.4, 0.5) is 0 Å². The molecule has 1 aromatic heterocycles. The number of aromatic nitrogens is 1. The second-order valence-electron chi connectivity index (χ2n) is 3.84. The summed E-state index contributed by atoms with van der Waals surface area (Å²) in [4.78, 5) is 6.71. The van der Waals surface area contributed by atoms with Gasteiger partial charge in [0.2, 0.25) is 0 Å². The molecule has 1 N–H and O–H groups in total. The largest absolute Gasteiger partial charge is 0.314 e. The van der Waals surface area contributed by atoms with E-state index in [0.29, 0.717) is 0 Å². The van der Waals surface area contributed by atoms with Crippen LogP contribution in [-0.2, 0) is 0 Å². The summed E-state index contributed by atoms with van der Waals surface area (Å²) < 4.78 is 0. The van der Waals surface area contributed by atoms with Crippen molar-refractivity contribution in [3.8, 4) is 0 Å². The van der Waals surface area contributed by atoms with E-state index < -0.39 is 0 Å². The lowest BCUT2D eigenvalue weighted by Crippen LogP contribution is -2.43. The van der Waals surface area contributed by atoms with Crippen LogP contribution in [0, 0.1) is 0 Å². The molecule has 2 heterocycles. The maximum Gasteiger partial charge on any atom is 0.0668 e. The first kappa shape index (κ1) is 10.3. The molecule has 1 aliphatic rings. The highest BCUT2D eigenvalue weighted by atomic mass is 15.2. The van der Waals surface area contributed by atoms with Crippen LogP contribution >= 0.6 is 0 Å².